The Balaban J connectivity index is 0. The fraction of sp³-hybridized carbons (Fsp3) is 0.933. The van der Waals surface area contributed by atoms with Crippen molar-refractivity contribution in [3.05, 3.63) is 0 Å². The van der Waals surface area contributed by atoms with E-state index in [0.717, 1.165) is 31.7 Å². The molecule has 0 saturated heterocycles. The zero-order valence-electron chi connectivity index (χ0n) is 15.2. The van der Waals surface area contributed by atoms with Gasteiger partial charge in [-0.25, -0.2) is 4.79 Å². The fourth-order valence-corrected chi connectivity index (χ4v) is 1.25. The summed E-state index contributed by atoms with van der Waals surface area (Å²) in [7, 11) is 0. The minimum Gasteiger partial charge on any atom is -0.444 e. The summed E-state index contributed by atoms with van der Waals surface area (Å²) in [5, 5.41) is 5.97. The van der Waals surface area contributed by atoms with Gasteiger partial charge >= 0.3 is 6.09 Å². The van der Waals surface area contributed by atoms with Crippen molar-refractivity contribution < 1.29 is 19.2 Å². The van der Waals surface area contributed by atoms with E-state index in [0.29, 0.717) is 19.8 Å². The molecule has 8 heteroatoms. The van der Waals surface area contributed by atoms with Gasteiger partial charge < -0.3 is 15.4 Å². The molecule has 0 spiro atoms. The summed E-state index contributed by atoms with van der Waals surface area (Å²) in [5.41, 5.74) is 1.94. The van der Waals surface area contributed by atoms with E-state index in [1.807, 2.05) is 34.6 Å². The summed E-state index contributed by atoms with van der Waals surface area (Å²) in [6.45, 7) is 12.9. The first-order chi connectivity index (χ1) is 10.9. The standard InChI is InChI=1S/C13H29N3O4.C2H6S/c1-5-18-16-19-11-7-9-14-8-6-10-15-12(17)20-13(2,3)4;1-2-3/h14,16H,5-11H2,1-4H3,(H,15,17);3H,2H2,1H3. The van der Waals surface area contributed by atoms with Crippen LogP contribution >= 0.6 is 12.6 Å². The molecule has 0 aliphatic heterocycles. The van der Waals surface area contributed by atoms with E-state index in [1.165, 1.54) is 0 Å². The average Bonchev–Trinajstić information content (AvgIpc) is 2.43. The van der Waals surface area contributed by atoms with Crippen molar-refractivity contribution in [1.82, 2.24) is 16.3 Å². The van der Waals surface area contributed by atoms with Crippen molar-refractivity contribution in [1.29, 1.82) is 0 Å². The summed E-state index contributed by atoms with van der Waals surface area (Å²) in [6.07, 6.45) is 1.38. The highest BCUT2D eigenvalue weighted by atomic mass is 32.1. The number of hydrogen-bond acceptors (Lipinski definition) is 7. The molecule has 0 heterocycles. The third-order valence-electron chi connectivity index (χ3n) is 2.06. The van der Waals surface area contributed by atoms with Gasteiger partial charge in [-0.05, 0) is 59.4 Å². The zero-order chi connectivity index (χ0) is 18.0. The smallest absolute Gasteiger partial charge is 0.407 e. The monoisotopic (exact) mass is 353 g/mol. The van der Waals surface area contributed by atoms with Crippen molar-refractivity contribution in [2.24, 2.45) is 0 Å². The second kappa shape index (κ2) is 17.8. The van der Waals surface area contributed by atoms with Gasteiger partial charge in [-0.2, -0.15) is 12.6 Å². The lowest BCUT2D eigenvalue weighted by Gasteiger charge is -2.19. The van der Waals surface area contributed by atoms with Crippen LogP contribution in [0.2, 0.25) is 0 Å². The fourth-order valence-electron chi connectivity index (χ4n) is 1.25. The molecule has 1 amide bonds. The van der Waals surface area contributed by atoms with Gasteiger partial charge in [0.25, 0.3) is 0 Å². The molecule has 0 aliphatic rings. The van der Waals surface area contributed by atoms with Crippen LogP contribution in [0.15, 0.2) is 0 Å². The normalized spacial score (nSPS) is 10.7. The van der Waals surface area contributed by atoms with Gasteiger partial charge in [0.2, 0.25) is 0 Å². The highest BCUT2D eigenvalue weighted by molar-refractivity contribution is 7.80. The predicted octanol–water partition coefficient (Wildman–Crippen LogP) is 2.29. The first-order valence-electron chi connectivity index (χ1n) is 8.14. The summed E-state index contributed by atoms with van der Waals surface area (Å²) in [5.74, 6) is 0.944. The number of hydrogen-bond donors (Lipinski definition) is 4. The lowest BCUT2D eigenvalue weighted by atomic mass is 10.2. The molecule has 140 valence electrons. The lowest BCUT2D eigenvalue weighted by Crippen LogP contribution is -2.34. The predicted molar refractivity (Wildman–Crippen MR) is 96.6 cm³/mol. The number of alkyl carbamates (subject to hydrolysis) is 1. The molecule has 3 N–H and O–H groups in total. The molecule has 0 radical (unpaired) electrons. The minimum atomic E-state index is -0.447. The lowest BCUT2D eigenvalue weighted by molar-refractivity contribution is -0.167. The van der Waals surface area contributed by atoms with Gasteiger partial charge in [0, 0.05) is 6.54 Å². The Morgan fingerprint density at radius 3 is 2.22 bits per heavy atom. The Bertz CT molecular complexity index is 264. The average molecular weight is 354 g/mol. The molecule has 0 unspecified atom stereocenters. The van der Waals surface area contributed by atoms with E-state index in [9.17, 15) is 4.79 Å². The van der Waals surface area contributed by atoms with Crippen LogP contribution in [0.25, 0.3) is 0 Å². The van der Waals surface area contributed by atoms with Gasteiger partial charge in [0.05, 0.1) is 13.2 Å². The van der Waals surface area contributed by atoms with Crippen LogP contribution in [0.3, 0.4) is 0 Å². The second-order valence-corrected chi connectivity index (χ2v) is 6.20. The van der Waals surface area contributed by atoms with E-state index in [2.05, 4.69) is 28.9 Å². The Morgan fingerprint density at radius 2 is 1.65 bits per heavy atom. The Labute approximate surface area is 146 Å². The minimum absolute atomic E-state index is 0.368. The summed E-state index contributed by atoms with van der Waals surface area (Å²) >= 11 is 3.79. The van der Waals surface area contributed by atoms with E-state index in [-0.39, 0.29) is 6.09 Å². The first kappa shape index (κ1) is 24.7. The van der Waals surface area contributed by atoms with E-state index < -0.39 is 5.60 Å². The van der Waals surface area contributed by atoms with Crippen LogP contribution in [-0.2, 0) is 14.4 Å². The largest absolute Gasteiger partial charge is 0.444 e. The molecule has 0 aromatic heterocycles. The van der Waals surface area contributed by atoms with Crippen molar-refractivity contribution in [3.8, 4) is 0 Å². The van der Waals surface area contributed by atoms with Crippen LogP contribution in [0, 0.1) is 0 Å². The number of nitrogens with one attached hydrogen (secondary N) is 3. The molecule has 0 fully saturated rings. The van der Waals surface area contributed by atoms with Crippen LogP contribution in [0.4, 0.5) is 4.79 Å². The van der Waals surface area contributed by atoms with Gasteiger partial charge in [-0.15, -0.1) is 0 Å². The van der Waals surface area contributed by atoms with Gasteiger partial charge in [0.15, 0.2) is 0 Å². The number of rotatable bonds is 11. The third kappa shape index (κ3) is 26.7. The first-order valence-corrected chi connectivity index (χ1v) is 8.77. The number of thiol groups is 1. The highest BCUT2D eigenvalue weighted by Gasteiger charge is 2.15. The van der Waals surface area contributed by atoms with Gasteiger partial charge in [-0.1, -0.05) is 12.6 Å². The quantitative estimate of drug-likeness (QED) is 0.259. The number of carbonyl (C=O) groups excluding carboxylic acids is 1. The van der Waals surface area contributed by atoms with E-state index in [4.69, 9.17) is 14.4 Å². The maximum absolute atomic E-state index is 11.3. The molecular weight excluding hydrogens is 318 g/mol. The van der Waals surface area contributed by atoms with E-state index >= 15 is 0 Å². The second-order valence-electron chi connectivity index (χ2n) is 5.57. The number of ether oxygens (including phenoxy) is 1. The molecule has 0 aromatic rings. The number of carbonyl (C=O) groups is 1. The van der Waals surface area contributed by atoms with Crippen LogP contribution in [-0.4, -0.2) is 50.3 Å². The van der Waals surface area contributed by atoms with Crippen molar-refractivity contribution >= 4 is 18.7 Å². The van der Waals surface area contributed by atoms with Crippen molar-refractivity contribution in [3.63, 3.8) is 0 Å². The van der Waals surface area contributed by atoms with Crippen molar-refractivity contribution in [2.75, 3.05) is 38.6 Å². The SMILES string of the molecule is CCONOCCCNCCCNC(=O)OC(C)(C)C.CCS. The molecule has 0 bridgehead atoms. The molecule has 0 aromatic carbocycles. The topological polar surface area (TPSA) is 80.9 Å². The molecule has 7 nitrogen and oxygen atoms in total. The summed E-state index contributed by atoms with van der Waals surface area (Å²) in [6, 6.07) is 0. The molecule has 0 rings (SSSR count). The van der Waals surface area contributed by atoms with Crippen LogP contribution < -0.4 is 16.3 Å². The maximum Gasteiger partial charge on any atom is 0.407 e. The molecular formula is C15H35N3O4S. The van der Waals surface area contributed by atoms with Crippen LogP contribution in [0.5, 0.6) is 0 Å². The Hall–Kier alpha value is -0.540. The van der Waals surface area contributed by atoms with E-state index in [1.54, 1.807) is 0 Å². The summed E-state index contributed by atoms with van der Waals surface area (Å²) in [4.78, 5) is 21.1. The Kier molecular flexibility index (Phi) is 19.1. The highest BCUT2D eigenvalue weighted by Crippen LogP contribution is 2.06. The van der Waals surface area contributed by atoms with Crippen LogP contribution in [0.1, 0.15) is 47.5 Å². The molecule has 0 atom stereocenters. The molecule has 0 aliphatic carbocycles. The van der Waals surface area contributed by atoms with Gasteiger partial charge in [-0.3, -0.25) is 9.68 Å². The Morgan fingerprint density at radius 1 is 1.04 bits per heavy atom. The third-order valence-corrected chi connectivity index (χ3v) is 2.06. The van der Waals surface area contributed by atoms with Crippen molar-refractivity contribution in [2.45, 2.75) is 53.1 Å². The zero-order valence-corrected chi connectivity index (χ0v) is 16.1. The van der Waals surface area contributed by atoms with Gasteiger partial charge in [0.1, 0.15) is 5.60 Å². The summed E-state index contributed by atoms with van der Waals surface area (Å²) < 4.78 is 5.12. The molecule has 0 saturated carbocycles. The maximum atomic E-state index is 11.3. The number of amides is 1. The molecule has 23 heavy (non-hydrogen) atoms.